The second-order valence-electron chi connectivity index (χ2n) is 6.54. The van der Waals surface area contributed by atoms with Crippen LogP contribution in [0.2, 0.25) is 0 Å². The molecule has 1 saturated heterocycles. The van der Waals surface area contributed by atoms with Crippen molar-refractivity contribution in [3.63, 3.8) is 0 Å². The van der Waals surface area contributed by atoms with Gasteiger partial charge in [0.2, 0.25) is 0 Å². The molecule has 1 aliphatic rings. The van der Waals surface area contributed by atoms with E-state index in [0.29, 0.717) is 6.04 Å². The molecule has 3 rings (SSSR count). The number of nitrogens with zero attached hydrogens (tertiary/aromatic N) is 5. The van der Waals surface area contributed by atoms with Crippen molar-refractivity contribution in [3.05, 3.63) is 41.1 Å². The van der Waals surface area contributed by atoms with Crippen LogP contribution in [0.4, 0.5) is 5.82 Å². The van der Waals surface area contributed by atoms with Crippen LogP contribution in [-0.2, 0) is 6.54 Å². The number of aromatic nitrogens is 3. The number of aryl methyl sites for hydroxylation is 2. The SMILES string of the molecule is COc1c(C)cnc(CN(C)C2CN(c3cc(C)ncn3)C2)c1C. The van der Waals surface area contributed by atoms with Crippen molar-refractivity contribution in [2.45, 2.75) is 33.4 Å². The molecule has 1 fully saturated rings. The van der Waals surface area contributed by atoms with Crippen LogP contribution in [-0.4, -0.2) is 53.1 Å². The highest BCUT2D eigenvalue weighted by Crippen LogP contribution is 2.26. The lowest BCUT2D eigenvalue weighted by molar-refractivity contribution is 0.194. The lowest BCUT2D eigenvalue weighted by atomic mass is 10.1. The number of methoxy groups -OCH3 is 1. The molecule has 1 aliphatic heterocycles. The van der Waals surface area contributed by atoms with Gasteiger partial charge in [-0.05, 0) is 27.8 Å². The van der Waals surface area contributed by atoms with Gasteiger partial charge >= 0.3 is 0 Å². The van der Waals surface area contributed by atoms with Crippen LogP contribution >= 0.6 is 0 Å². The van der Waals surface area contributed by atoms with Gasteiger partial charge in [0.1, 0.15) is 17.9 Å². The molecular weight excluding hydrogens is 302 g/mol. The van der Waals surface area contributed by atoms with Crippen LogP contribution in [0.15, 0.2) is 18.6 Å². The van der Waals surface area contributed by atoms with E-state index in [1.165, 1.54) is 0 Å². The van der Waals surface area contributed by atoms with Crippen LogP contribution < -0.4 is 9.64 Å². The summed E-state index contributed by atoms with van der Waals surface area (Å²) in [5.41, 5.74) is 4.29. The molecule has 2 aromatic rings. The van der Waals surface area contributed by atoms with Crippen LogP contribution in [0.5, 0.6) is 5.75 Å². The maximum absolute atomic E-state index is 5.50. The Hall–Kier alpha value is -2.21. The topological polar surface area (TPSA) is 54.4 Å². The van der Waals surface area contributed by atoms with Crippen molar-refractivity contribution in [1.29, 1.82) is 0 Å². The second kappa shape index (κ2) is 6.73. The van der Waals surface area contributed by atoms with E-state index in [1.54, 1.807) is 13.4 Å². The van der Waals surface area contributed by atoms with Crippen LogP contribution in [0, 0.1) is 20.8 Å². The van der Waals surface area contributed by atoms with E-state index in [2.05, 4.69) is 38.7 Å². The minimum Gasteiger partial charge on any atom is -0.496 e. The van der Waals surface area contributed by atoms with Crippen LogP contribution in [0.25, 0.3) is 0 Å². The summed E-state index contributed by atoms with van der Waals surface area (Å²) in [6.45, 7) is 8.89. The van der Waals surface area contributed by atoms with E-state index >= 15 is 0 Å². The fourth-order valence-electron chi connectivity index (χ4n) is 3.13. The monoisotopic (exact) mass is 327 g/mol. The number of hydrogen-bond acceptors (Lipinski definition) is 6. The predicted octanol–water partition coefficient (Wildman–Crippen LogP) is 2.13. The van der Waals surface area contributed by atoms with E-state index < -0.39 is 0 Å². The average Bonchev–Trinajstić information content (AvgIpc) is 2.49. The summed E-state index contributed by atoms with van der Waals surface area (Å²) in [6, 6.07) is 2.54. The van der Waals surface area contributed by atoms with Gasteiger partial charge in [-0.15, -0.1) is 0 Å². The zero-order chi connectivity index (χ0) is 17.3. The maximum atomic E-state index is 5.50. The van der Waals surface area contributed by atoms with Gasteiger partial charge in [0.25, 0.3) is 0 Å². The van der Waals surface area contributed by atoms with E-state index in [0.717, 1.165) is 53.7 Å². The molecule has 0 spiro atoms. The number of likely N-dealkylation sites (N-methyl/N-ethyl adjacent to an activating group) is 1. The molecule has 0 aromatic carbocycles. The Balaban J connectivity index is 1.62. The Bertz CT molecular complexity index is 727. The van der Waals surface area contributed by atoms with E-state index in [9.17, 15) is 0 Å². The van der Waals surface area contributed by atoms with Crippen molar-refractivity contribution in [1.82, 2.24) is 19.9 Å². The van der Waals surface area contributed by atoms with Gasteiger partial charge in [-0.1, -0.05) is 0 Å². The second-order valence-corrected chi connectivity index (χ2v) is 6.54. The third-order valence-electron chi connectivity index (χ3n) is 4.75. The molecule has 3 heterocycles. The highest BCUT2D eigenvalue weighted by molar-refractivity contribution is 5.43. The minimum atomic E-state index is 0.508. The Labute approximate surface area is 143 Å². The molecule has 128 valence electrons. The summed E-state index contributed by atoms with van der Waals surface area (Å²) in [7, 11) is 3.87. The summed E-state index contributed by atoms with van der Waals surface area (Å²) in [5.74, 6) is 1.96. The van der Waals surface area contributed by atoms with Crippen molar-refractivity contribution in [2.75, 3.05) is 32.1 Å². The first kappa shape index (κ1) is 16.6. The first-order chi connectivity index (χ1) is 11.5. The Kier molecular flexibility index (Phi) is 4.66. The normalized spacial score (nSPS) is 14.8. The highest BCUT2D eigenvalue weighted by atomic mass is 16.5. The summed E-state index contributed by atoms with van der Waals surface area (Å²) in [4.78, 5) is 17.7. The summed E-state index contributed by atoms with van der Waals surface area (Å²) in [6.07, 6.45) is 3.53. The lowest BCUT2D eigenvalue weighted by Gasteiger charge is -2.44. The van der Waals surface area contributed by atoms with Gasteiger partial charge in [-0.3, -0.25) is 9.88 Å². The minimum absolute atomic E-state index is 0.508. The number of ether oxygens (including phenoxy) is 1. The Morgan fingerprint density at radius 3 is 2.62 bits per heavy atom. The van der Waals surface area contributed by atoms with Gasteiger partial charge < -0.3 is 9.64 Å². The fraction of sp³-hybridized carbons (Fsp3) is 0.500. The zero-order valence-corrected chi connectivity index (χ0v) is 15.1. The van der Waals surface area contributed by atoms with Crippen molar-refractivity contribution in [2.24, 2.45) is 0 Å². The number of anilines is 1. The molecule has 0 radical (unpaired) electrons. The molecule has 0 saturated carbocycles. The number of rotatable bonds is 5. The van der Waals surface area contributed by atoms with E-state index in [4.69, 9.17) is 4.74 Å². The molecule has 6 heteroatoms. The molecule has 0 unspecified atom stereocenters. The standard InChI is InChI=1S/C18H25N5O/c1-12-7-19-16(14(3)18(12)24-5)10-22(4)15-8-23(9-15)17-6-13(2)20-11-21-17/h6-7,11,15H,8-10H2,1-5H3. The molecule has 0 amide bonds. The fourth-order valence-corrected chi connectivity index (χ4v) is 3.13. The average molecular weight is 327 g/mol. The van der Waals surface area contributed by atoms with Gasteiger partial charge in [-0.25, -0.2) is 9.97 Å². The summed E-state index contributed by atoms with van der Waals surface area (Å²) in [5, 5.41) is 0. The molecule has 0 N–H and O–H groups in total. The number of pyridine rings is 1. The number of hydrogen-bond donors (Lipinski definition) is 0. The zero-order valence-electron chi connectivity index (χ0n) is 15.1. The van der Waals surface area contributed by atoms with Crippen molar-refractivity contribution in [3.8, 4) is 5.75 Å². The van der Waals surface area contributed by atoms with Crippen molar-refractivity contribution < 1.29 is 4.74 Å². The van der Waals surface area contributed by atoms with Crippen LogP contribution in [0.3, 0.4) is 0 Å². The molecule has 24 heavy (non-hydrogen) atoms. The van der Waals surface area contributed by atoms with E-state index in [-0.39, 0.29) is 0 Å². The third kappa shape index (κ3) is 3.19. The molecule has 6 nitrogen and oxygen atoms in total. The van der Waals surface area contributed by atoms with Gasteiger partial charge in [-0.2, -0.15) is 0 Å². The van der Waals surface area contributed by atoms with E-state index in [1.807, 2.05) is 26.1 Å². The quantitative estimate of drug-likeness (QED) is 0.838. The first-order valence-electron chi connectivity index (χ1n) is 8.22. The highest BCUT2D eigenvalue weighted by Gasteiger charge is 2.31. The smallest absolute Gasteiger partial charge is 0.132 e. The molecule has 0 atom stereocenters. The van der Waals surface area contributed by atoms with Crippen LogP contribution in [0.1, 0.15) is 22.5 Å². The molecular formula is C18H25N5O. The lowest BCUT2D eigenvalue weighted by Crippen LogP contribution is -2.58. The van der Waals surface area contributed by atoms with Gasteiger partial charge in [0, 0.05) is 54.8 Å². The summed E-state index contributed by atoms with van der Waals surface area (Å²) < 4.78 is 5.50. The largest absolute Gasteiger partial charge is 0.496 e. The van der Waals surface area contributed by atoms with Crippen molar-refractivity contribution >= 4 is 5.82 Å². The predicted molar refractivity (Wildman–Crippen MR) is 94.5 cm³/mol. The van der Waals surface area contributed by atoms with Gasteiger partial charge in [0.15, 0.2) is 0 Å². The molecule has 0 bridgehead atoms. The maximum Gasteiger partial charge on any atom is 0.132 e. The third-order valence-corrected chi connectivity index (χ3v) is 4.75. The molecule has 2 aromatic heterocycles. The van der Waals surface area contributed by atoms with Gasteiger partial charge in [0.05, 0.1) is 12.8 Å². The summed E-state index contributed by atoms with van der Waals surface area (Å²) >= 11 is 0. The Morgan fingerprint density at radius 2 is 1.96 bits per heavy atom. The molecule has 0 aliphatic carbocycles. The Morgan fingerprint density at radius 1 is 1.21 bits per heavy atom. The first-order valence-corrected chi connectivity index (χ1v) is 8.22.